The van der Waals surface area contributed by atoms with E-state index in [-0.39, 0.29) is 24.7 Å². The molecule has 0 aromatic heterocycles. The molecule has 2 rings (SSSR count). The van der Waals surface area contributed by atoms with Gasteiger partial charge >= 0.3 is 12.4 Å². The number of hydrogen-bond acceptors (Lipinski definition) is 2. The molecular weight excluding hydrogens is 342 g/mol. The number of rotatable bonds is 3. The third kappa shape index (κ3) is 3.62. The molecule has 0 aromatic rings. The summed E-state index contributed by atoms with van der Waals surface area (Å²) in [7, 11) is 0. The van der Waals surface area contributed by atoms with Crippen molar-refractivity contribution >= 4 is 12.6 Å². The third-order valence-corrected chi connectivity index (χ3v) is 5.58. The zero-order valence-corrected chi connectivity index (χ0v) is 14.0. The molecule has 0 aliphatic heterocycles. The van der Waals surface area contributed by atoms with Crippen molar-refractivity contribution in [3.05, 3.63) is 0 Å². The van der Waals surface area contributed by atoms with Crippen LogP contribution >= 0.6 is 12.6 Å². The first kappa shape index (κ1) is 19.2. The van der Waals surface area contributed by atoms with Crippen molar-refractivity contribution in [3.63, 3.8) is 0 Å². The van der Waals surface area contributed by atoms with Crippen LogP contribution in [0.4, 0.5) is 26.3 Å². The van der Waals surface area contributed by atoms with E-state index in [4.69, 9.17) is 4.74 Å². The number of halogens is 6. The van der Waals surface area contributed by atoms with Crippen molar-refractivity contribution in [3.8, 4) is 0 Å². The Bertz CT molecular complexity index is 401. The van der Waals surface area contributed by atoms with Gasteiger partial charge in [0.25, 0.3) is 5.60 Å². The second kappa shape index (κ2) is 6.00. The lowest BCUT2D eigenvalue weighted by Crippen LogP contribution is -2.64. The summed E-state index contributed by atoms with van der Waals surface area (Å²) in [5.74, 6) is -0.757. The van der Waals surface area contributed by atoms with Gasteiger partial charge in [0.05, 0.1) is 5.60 Å². The van der Waals surface area contributed by atoms with Crippen molar-refractivity contribution in [2.45, 2.75) is 69.5 Å². The quantitative estimate of drug-likeness (QED) is 0.521. The first-order chi connectivity index (χ1) is 10.3. The van der Waals surface area contributed by atoms with Crippen molar-refractivity contribution in [1.29, 1.82) is 0 Å². The van der Waals surface area contributed by atoms with Gasteiger partial charge in [-0.3, -0.25) is 0 Å². The Labute approximate surface area is 137 Å². The monoisotopic (exact) mass is 364 g/mol. The Morgan fingerprint density at radius 3 is 1.74 bits per heavy atom. The minimum absolute atomic E-state index is 0.126. The molecule has 136 valence electrons. The van der Waals surface area contributed by atoms with Crippen LogP contribution in [0.1, 0.15) is 46.0 Å². The van der Waals surface area contributed by atoms with Crippen LogP contribution in [0, 0.1) is 17.8 Å². The van der Waals surface area contributed by atoms with Gasteiger partial charge < -0.3 is 4.74 Å². The van der Waals surface area contributed by atoms with Crippen molar-refractivity contribution in [2.24, 2.45) is 17.8 Å². The molecule has 2 aliphatic rings. The largest absolute Gasteiger partial charge is 0.427 e. The Morgan fingerprint density at radius 1 is 0.957 bits per heavy atom. The molecule has 8 heteroatoms. The Kier molecular flexibility index (Phi) is 5.02. The zero-order chi connectivity index (χ0) is 17.7. The molecule has 2 bridgehead atoms. The Balaban J connectivity index is 2.29. The standard InChI is InChI=1S/C15H22F6OS/c1-9-3-10-5-11(4-9)7-12(2,6-10)22-13(8-23,14(16,17)18)15(19,20)21/h9-11,23H,3-8H2,1-2H3. The number of thiol groups is 1. The normalized spacial score (nSPS) is 36.1. The van der Waals surface area contributed by atoms with Crippen molar-refractivity contribution in [1.82, 2.24) is 0 Å². The van der Waals surface area contributed by atoms with E-state index in [0.717, 1.165) is 19.3 Å². The van der Waals surface area contributed by atoms with Gasteiger partial charge in [-0.05, 0) is 56.8 Å². The van der Waals surface area contributed by atoms with E-state index in [1.807, 2.05) is 0 Å². The molecule has 2 fully saturated rings. The predicted octanol–water partition coefficient (Wildman–Crippen LogP) is 5.40. The predicted molar refractivity (Wildman–Crippen MR) is 77.4 cm³/mol. The second-order valence-corrected chi connectivity index (χ2v) is 7.80. The average Bonchev–Trinajstić information content (AvgIpc) is 2.30. The SMILES string of the molecule is CC1CC2CC(C1)CC(C)(OC(CS)(C(F)(F)F)C(F)(F)F)C2. The molecule has 23 heavy (non-hydrogen) atoms. The molecule has 0 radical (unpaired) electrons. The highest BCUT2D eigenvalue weighted by molar-refractivity contribution is 7.80. The summed E-state index contributed by atoms with van der Waals surface area (Å²) >= 11 is 3.36. The fourth-order valence-electron chi connectivity index (χ4n) is 4.53. The lowest BCUT2D eigenvalue weighted by molar-refractivity contribution is -0.397. The van der Waals surface area contributed by atoms with Crippen LogP contribution in [-0.4, -0.2) is 29.3 Å². The summed E-state index contributed by atoms with van der Waals surface area (Å²) in [5, 5.41) is 0. The van der Waals surface area contributed by atoms with Gasteiger partial charge in [0, 0.05) is 5.75 Å². The lowest BCUT2D eigenvalue weighted by atomic mass is 9.63. The van der Waals surface area contributed by atoms with Gasteiger partial charge in [-0.15, -0.1) is 0 Å². The van der Waals surface area contributed by atoms with Crippen LogP contribution in [0.2, 0.25) is 0 Å². The highest BCUT2D eigenvalue weighted by atomic mass is 32.1. The summed E-state index contributed by atoms with van der Waals surface area (Å²) in [5.41, 5.74) is -5.64. The summed E-state index contributed by atoms with van der Waals surface area (Å²) < 4.78 is 84.4. The summed E-state index contributed by atoms with van der Waals surface area (Å²) in [4.78, 5) is 0. The van der Waals surface area contributed by atoms with Crippen LogP contribution in [0.5, 0.6) is 0 Å². The Morgan fingerprint density at radius 2 is 1.39 bits per heavy atom. The molecule has 0 spiro atoms. The maximum Gasteiger partial charge on any atom is 0.427 e. The molecule has 0 heterocycles. The minimum atomic E-state index is -5.56. The molecule has 0 saturated heterocycles. The maximum absolute atomic E-state index is 13.3. The fraction of sp³-hybridized carbons (Fsp3) is 1.00. The van der Waals surface area contributed by atoms with E-state index in [0.29, 0.717) is 5.92 Å². The molecular formula is C15H22F6OS. The third-order valence-electron chi connectivity index (χ3n) is 5.14. The maximum atomic E-state index is 13.3. The number of alkyl halides is 6. The smallest absolute Gasteiger partial charge is 0.351 e. The van der Waals surface area contributed by atoms with Gasteiger partial charge in [-0.2, -0.15) is 39.0 Å². The lowest BCUT2D eigenvalue weighted by Gasteiger charge is -2.51. The van der Waals surface area contributed by atoms with Crippen LogP contribution in [0.15, 0.2) is 0 Å². The Hall–Kier alpha value is -0.110. The van der Waals surface area contributed by atoms with Gasteiger partial charge in [0.2, 0.25) is 0 Å². The highest BCUT2D eigenvalue weighted by Gasteiger charge is 2.73. The summed E-state index contributed by atoms with van der Waals surface area (Å²) in [6.07, 6.45) is -8.12. The van der Waals surface area contributed by atoms with Crippen molar-refractivity contribution in [2.75, 3.05) is 5.75 Å². The van der Waals surface area contributed by atoms with Gasteiger partial charge in [-0.25, -0.2) is 0 Å². The van der Waals surface area contributed by atoms with Gasteiger partial charge in [0.1, 0.15) is 0 Å². The van der Waals surface area contributed by atoms with E-state index in [2.05, 4.69) is 19.6 Å². The van der Waals surface area contributed by atoms with E-state index < -0.39 is 29.3 Å². The average molecular weight is 364 g/mol. The summed E-state index contributed by atoms with van der Waals surface area (Å²) in [6, 6.07) is 0. The van der Waals surface area contributed by atoms with Crippen LogP contribution in [0.25, 0.3) is 0 Å². The molecule has 1 nitrogen and oxygen atoms in total. The molecule has 2 unspecified atom stereocenters. The first-order valence-electron chi connectivity index (χ1n) is 7.76. The second-order valence-electron chi connectivity index (χ2n) is 7.49. The molecule has 2 atom stereocenters. The molecule has 2 aliphatic carbocycles. The first-order valence-corrected chi connectivity index (χ1v) is 8.39. The van der Waals surface area contributed by atoms with Gasteiger partial charge in [0.15, 0.2) is 0 Å². The van der Waals surface area contributed by atoms with Crippen LogP contribution < -0.4 is 0 Å². The van der Waals surface area contributed by atoms with E-state index in [9.17, 15) is 26.3 Å². The summed E-state index contributed by atoms with van der Waals surface area (Å²) in [6.45, 7) is 3.46. The highest BCUT2D eigenvalue weighted by Crippen LogP contribution is 2.54. The minimum Gasteiger partial charge on any atom is -0.351 e. The zero-order valence-electron chi connectivity index (χ0n) is 13.1. The fourth-order valence-corrected chi connectivity index (χ4v) is 4.95. The molecule has 2 saturated carbocycles. The van der Waals surface area contributed by atoms with E-state index in [1.54, 1.807) is 0 Å². The van der Waals surface area contributed by atoms with Gasteiger partial charge in [-0.1, -0.05) is 6.92 Å². The molecule has 0 amide bonds. The molecule has 0 aromatic carbocycles. The van der Waals surface area contributed by atoms with E-state index >= 15 is 0 Å². The topological polar surface area (TPSA) is 9.23 Å². The number of hydrogen-bond donors (Lipinski definition) is 1. The number of ether oxygens (including phenoxy) is 1. The van der Waals surface area contributed by atoms with Crippen molar-refractivity contribution < 1.29 is 31.1 Å². The number of fused-ring (bicyclic) bond motifs is 2. The van der Waals surface area contributed by atoms with Crippen LogP contribution in [-0.2, 0) is 4.74 Å². The van der Waals surface area contributed by atoms with Crippen LogP contribution in [0.3, 0.4) is 0 Å². The van der Waals surface area contributed by atoms with E-state index in [1.165, 1.54) is 6.92 Å². The molecule has 0 N–H and O–H groups in total.